The largest absolute Gasteiger partial charge is 0.285 e. The van der Waals surface area contributed by atoms with E-state index in [-0.39, 0.29) is 5.92 Å². The fourth-order valence-electron chi connectivity index (χ4n) is 2.22. The monoisotopic (exact) mass is 318 g/mol. The molecule has 2 rings (SSSR count). The number of hydrogen-bond donors (Lipinski definition) is 1. The molecule has 0 heterocycles. The van der Waals surface area contributed by atoms with Gasteiger partial charge < -0.3 is 0 Å². The SMILES string of the molecule is CC([C@@H]1C[C@H]1Cc1ccc(Br)cc1)S(=O)(=O)O. The van der Waals surface area contributed by atoms with Gasteiger partial charge in [-0.15, -0.1) is 0 Å². The topological polar surface area (TPSA) is 54.4 Å². The molecule has 5 heteroatoms. The lowest BCUT2D eigenvalue weighted by molar-refractivity contribution is 0.459. The van der Waals surface area contributed by atoms with E-state index in [1.807, 2.05) is 24.3 Å². The molecular weight excluding hydrogens is 304 g/mol. The van der Waals surface area contributed by atoms with E-state index < -0.39 is 15.4 Å². The van der Waals surface area contributed by atoms with Gasteiger partial charge in [-0.3, -0.25) is 4.55 Å². The zero-order chi connectivity index (χ0) is 12.6. The summed E-state index contributed by atoms with van der Waals surface area (Å²) in [6.07, 6.45) is 1.77. The smallest absolute Gasteiger partial charge is 0.267 e. The van der Waals surface area contributed by atoms with Gasteiger partial charge in [0.2, 0.25) is 0 Å². The Hall–Kier alpha value is -0.390. The average molecular weight is 319 g/mol. The summed E-state index contributed by atoms with van der Waals surface area (Å²) < 4.78 is 32.0. The van der Waals surface area contributed by atoms with E-state index in [1.165, 1.54) is 5.56 Å². The van der Waals surface area contributed by atoms with Crippen molar-refractivity contribution >= 4 is 26.0 Å². The van der Waals surface area contributed by atoms with Gasteiger partial charge in [-0.1, -0.05) is 28.1 Å². The molecule has 1 aromatic rings. The first-order valence-electron chi connectivity index (χ1n) is 5.58. The second-order valence-electron chi connectivity index (χ2n) is 4.71. The summed E-state index contributed by atoms with van der Waals surface area (Å²) in [5.74, 6) is 0.488. The molecule has 0 amide bonds. The third-order valence-corrected chi connectivity index (χ3v) is 5.28. The molecule has 0 spiro atoms. The molecular formula is C12H15BrO3S. The van der Waals surface area contributed by atoms with Gasteiger partial charge in [0.1, 0.15) is 0 Å². The Morgan fingerprint density at radius 2 is 2.00 bits per heavy atom. The number of halogens is 1. The molecule has 0 bridgehead atoms. The highest BCUT2D eigenvalue weighted by molar-refractivity contribution is 9.10. The maximum atomic E-state index is 11.0. The van der Waals surface area contributed by atoms with Crippen LogP contribution in [0.1, 0.15) is 18.9 Å². The van der Waals surface area contributed by atoms with Crippen LogP contribution in [0.2, 0.25) is 0 Å². The van der Waals surface area contributed by atoms with Crippen LogP contribution >= 0.6 is 15.9 Å². The van der Waals surface area contributed by atoms with Crippen molar-refractivity contribution in [2.75, 3.05) is 0 Å². The van der Waals surface area contributed by atoms with Gasteiger partial charge in [0.15, 0.2) is 0 Å². The molecule has 1 saturated carbocycles. The number of benzene rings is 1. The zero-order valence-corrected chi connectivity index (χ0v) is 11.9. The Morgan fingerprint density at radius 1 is 1.41 bits per heavy atom. The van der Waals surface area contributed by atoms with Gasteiger partial charge in [-0.05, 0) is 49.3 Å². The third kappa shape index (κ3) is 3.30. The fourth-order valence-corrected chi connectivity index (χ4v) is 3.26. The van der Waals surface area contributed by atoms with Gasteiger partial charge in [0.05, 0.1) is 5.25 Å². The highest BCUT2D eigenvalue weighted by Crippen LogP contribution is 2.45. The predicted octanol–water partition coefficient (Wildman–Crippen LogP) is 2.90. The Morgan fingerprint density at radius 3 is 2.53 bits per heavy atom. The van der Waals surface area contributed by atoms with Crippen LogP contribution in [-0.4, -0.2) is 18.2 Å². The molecule has 1 aliphatic carbocycles. The Balaban J connectivity index is 1.94. The first kappa shape index (κ1) is 13.1. The molecule has 1 unspecified atom stereocenters. The van der Waals surface area contributed by atoms with E-state index in [0.717, 1.165) is 17.3 Å². The van der Waals surface area contributed by atoms with Gasteiger partial charge >= 0.3 is 0 Å². The van der Waals surface area contributed by atoms with Crippen molar-refractivity contribution in [1.82, 2.24) is 0 Å². The molecule has 1 aromatic carbocycles. The first-order valence-corrected chi connectivity index (χ1v) is 7.88. The van der Waals surface area contributed by atoms with Crippen molar-refractivity contribution in [2.45, 2.75) is 25.0 Å². The van der Waals surface area contributed by atoms with Crippen LogP contribution in [0, 0.1) is 11.8 Å². The summed E-state index contributed by atoms with van der Waals surface area (Å²) in [6.45, 7) is 1.58. The minimum atomic E-state index is -3.88. The second-order valence-corrected chi connectivity index (χ2v) is 7.40. The number of hydrogen-bond acceptors (Lipinski definition) is 2. The summed E-state index contributed by atoms with van der Waals surface area (Å²) >= 11 is 3.38. The maximum absolute atomic E-state index is 11.0. The van der Waals surface area contributed by atoms with Crippen molar-refractivity contribution in [2.24, 2.45) is 11.8 Å². The molecule has 3 atom stereocenters. The third-order valence-electron chi connectivity index (χ3n) is 3.46. The molecule has 0 aliphatic heterocycles. The highest BCUT2D eigenvalue weighted by atomic mass is 79.9. The van der Waals surface area contributed by atoms with Crippen LogP contribution in [-0.2, 0) is 16.5 Å². The van der Waals surface area contributed by atoms with Crippen LogP contribution < -0.4 is 0 Å². The molecule has 3 nitrogen and oxygen atoms in total. The summed E-state index contributed by atoms with van der Waals surface area (Å²) in [5, 5.41) is -0.636. The normalized spacial score (nSPS) is 25.6. The second kappa shape index (κ2) is 4.71. The lowest BCUT2D eigenvalue weighted by atomic mass is 10.1. The molecule has 1 aliphatic rings. The fraction of sp³-hybridized carbons (Fsp3) is 0.500. The minimum absolute atomic E-state index is 0.105. The Kier molecular flexibility index (Phi) is 3.61. The lowest BCUT2D eigenvalue weighted by Gasteiger charge is -2.07. The van der Waals surface area contributed by atoms with Gasteiger partial charge in [0.25, 0.3) is 10.1 Å². The van der Waals surface area contributed by atoms with E-state index in [4.69, 9.17) is 4.55 Å². The maximum Gasteiger partial charge on any atom is 0.267 e. The van der Waals surface area contributed by atoms with Crippen molar-refractivity contribution < 1.29 is 13.0 Å². The molecule has 1 fully saturated rings. The van der Waals surface area contributed by atoms with Crippen molar-refractivity contribution in [3.63, 3.8) is 0 Å². The summed E-state index contributed by atoms with van der Waals surface area (Å²) in [5.41, 5.74) is 1.21. The van der Waals surface area contributed by atoms with Crippen LogP contribution in [0.3, 0.4) is 0 Å². The number of rotatable bonds is 4. The van der Waals surface area contributed by atoms with Crippen molar-refractivity contribution in [3.8, 4) is 0 Å². The molecule has 94 valence electrons. The summed E-state index contributed by atoms with van der Waals surface area (Å²) in [7, 11) is -3.88. The van der Waals surface area contributed by atoms with E-state index in [1.54, 1.807) is 6.92 Å². The van der Waals surface area contributed by atoms with Crippen LogP contribution in [0.25, 0.3) is 0 Å². The standard InChI is InChI=1S/C12H15BrO3S/c1-8(17(14,15)16)12-7-10(12)6-9-2-4-11(13)5-3-9/h2-5,8,10,12H,6-7H2,1H3,(H,14,15,16)/t8?,10-,12+/m1/s1. The van der Waals surface area contributed by atoms with E-state index in [9.17, 15) is 8.42 Å². The Bertz CT molecular complexity index is 495. The Labute approximate surface area is 110 Å². The summed E-state index contributed by atoms with van der Waals surface area (Å²) in [6, 6.07) is 8.05. The molecule has 0 saturated heterocycles. The van der Waals surface area contributed by atoms with Gasteiger partial charge in [-0.2, -0.15) is 8.42 Å². The average Bonchev–Trinajstić information content (AvgIpc) is 2.98. The van der Waals surface area contributed by atoms with Gasteiger partial charge in [0, 0.05) is 4.47 Å². The van der Waals surface area contributed by atoms with Crippen LogP contribution in [0.4, 0.5) is 0 Å². The molecule has 1 N–H and O–H groups in total. The minimum Gasteiger partial charge on any atom is -0.285 e. The van der Waals surface area contributed by atoms with E-state index in [0.29, 0.717) is 5.92 Å². The quantitative estimate of drug-likeness (QED) is 0.868. The van der Waals surface area contributed by atoms with Crippen LogP contribution in [0.15, 0.2) is 28.7 Å². The van der Waals surface area contributed by atoms with E-state index >= 15 is 0 Å². The highest BCUT2D eigenvalue weighted by Gasteiger charge is 2.45. The molecule has 17 heavy (non-hydrogen) atoms. The zero-order valence-electron chi connectivity index (χ0n) is 9.51. The molecule has 0 radical (unpaired) electrons. The van der Waals surface area contributed by atoms with Crippen molar-refractivity contribution in [1.29, 1.82) is 0 Å². The lowest BCUT2D eigenvalue weighted by Crippen LogP contribution is -2.19. The first-order chi connectivity index (χ1) is 7.88. The van der Waals surface area contributed by atoms with Crippen molar-refractivity contribution in [3.05, 3.63) is 34.3 Å². The van der Waals surface area contributed by atoms with Gasteiger partial charge in [-0.25, -0.2) is 0 Å². The predicted molar refractivity (Wildman–Crippen MR) is 70.5 cm³/mol. The molecule has 0 aromatic heterocycles. The van der Waals surface area contributed by atoms with E-state index in [2.05, 4.69) is 15.9 Å². The summed E-state index contributed by atoms with van der Waals surface area (Å²) in [4.78, 5) is 0. The van der Waals surface area contributed by atoms with Crippen LogP contribution in [0.5, 0.6) is 0 Å².